The molecular weight excluding hydrogens is 258 g/mol. The molecule has 0 aliphatic heterocycles. The van der Waals surface area contributed by atoms with Gasteiger partial charge in [0.15, 0.2) is 0 Å². The molecule has 0 bridgehead atoms. The van der Waals surface area contributed by atoms with Crippen LogP contribution in [0.15, 0.2) is 41.7 Å². The molecule has 6 heteroatoms. The molecule has 1 aromatic heterocycles. The Hall–Kier alpha value is -2.47. The van der Waals surface area contributed by atoms with E-state index in [1.54, 1.807) is 35.2 Å². The molecule has 0 fully saturated rings. The van der Waals surface area contributed by atoms with Crippen LogP contribution in [0.25, 0.3) is 10.9 Å². The summed E-state index contributed by atoms with van der Waals surface area (Å²) in [5, 5.41) is 9.36. The lowest BCUT2D eigenvalue weighted by Crippen LogP contribution is -2.31. The van der Waals surface area contributed by atoms with Crippen molar-refractivity contribution in [1.29, 1.82) is 0 Å². The Bertz CT molecular complexity index is 693. The molecule has 2 rings (SSSR count). The van der Waals surface area contributed by atoms with Crippen LogP contribution in [0.4, 0.5) is 0 Å². The second-order valence-electron chi connectivity index (χ2n) is 4.38. The van der Waals surface area contributed by atoms with Crippen molar-refractivity contribution in [3.63, 3.8) is 0 Å². The van der Waals surface area contributed by atoms with Crippen molar-refractivity contribution < 1.29 is 9.90 Å². The Morgan fingerprint density at radius 2 is 2.20 bits per heavy atom. The van der Waals surface area contributed by atoms with Crippen molar-refractivity contribution in [3.8, 4) is 0 Å². The van der Waals surface area contributed by atoms with Crippen LogP contribution >= 0.6 is 0 Å². The summed E-state index contributed by atoms with van der Waals surface area (Å²) >= 11 is 0. The van der Waals surface area contributed by atoms with Crippen molar-refractivity contribution in [2.24, 2.45) is 0 Å². The van der Waals surface area contributed by atoms with E-state index in [9.17, 15) is 9.59 Å². The normalized spacial score (nSPS) is 10.8. The lowest BCUT2D eigenvalue weighted by Gasteiger charge is -2.17. The van der Waals surface area contributed by atoms with Crippen LogP contribution in [0, 0.1) is 0 Å². The Labute approximate surface area is 115 Å². The van der Waals surface area contributed by atoms with E-state index in [1.165, 1.54) is 0 Å². The Kier molecular flexibility index (Phi) is 4.27. The fourth-order valence-electron chi connectivity index (χ4n) is 1.98. The van der Waals surface area contributed by atoms with Gasteiger partial charge in [0.05, 0.1) is 24.0 Å². The highest BCUT2D eigenvalue weighted by molar-refractivity contribution is 5.77. The minimum Gasteiger partial charge on any atom is -0.480 e. The summed E-state index contributed by atoms with van der Waals surface area (Å²) in [6.07, 6.45) is 1.61. The molecule has 0 atom stereocenters. The van der Waals surface area contributed by atoms with E-state index < -0.39 is 5.97 Å². The smallest absolute Gasteiger partial charge is 0.317 e. The number of aromatic nitrogens is 2. The van der Waals surface area contributed by atoms with E-state index in [0.717, 1.165) is 0 Å². The number of hydrogen-bond donors (Lipinski definition) is 2. The van der Waals surface area contributed by atoms with Gasteiger partial charge in [-0.3, -0.25) is 14.5 Å². The zero-order chi connectivity index (χ0) is 14.5. The van der Waals surface area contributed by atoms with E-state index in [4.69, 9.17) is 5.11 Å². The third-order valence-corrected chi connectivity index (χ3v) is 2.78. The van der Waals surface area contributed by atoms with Crippen molar-refractivity contribution in [2.45, 2.75) is 6.54 Å². The monoisotopic (exact) mass is 273 g/mol. The molecule has 104 valence electrons. The van der Waals surface area contributed by atoms with Crippen LogP contribution < -0.4 is 5.56 Å². The van der Waals surface area contributed by atoms with Crippen molar-refractivity contribution in [1.82, 2.24) is 14.9 Å². The van der Waals surface area contributed by atoms with Gasteiger partial charge in [0.2, 0.25) is 0 Å². The number of carbonyl (C=O) groups is 1. The summed E-state index contributed by atoms with van der Waals surface area (Å²) in [4.78, 5) is 31.3. The number of rotatable bonds is 6. The number of carboxylic acid groups (broad SMARTS) is 1. The first kappa shape index (κ1) is 14.0. The second-order valence-corrected chi connectivity index (χ2v) is 4.38. The fraction of sp³-hybridized carbons (Fsp3) is 0.214. The molecular formula is C14H15N3O3. The minimum atomic E-state index is -0.935. The lowest BCUT2D eigenvalue weighted by atomic mass is 10.2. The summed E-state index contributed by atoms with van der Waals surface area (Å²) in [5.41, 5.74) is 0.375. The maximum absolute atomic E-state index is 11.9. The zero-order valence-electron chi connectivity index (χ0n) is 10.9. The molecule has 0 amide bonds. The number of aromatic amines is 1. The highest BCUT2D eigenvalue weighted by Gasteiger charge is 2.11. The topological polar surface area (TPSA) is 86.3 Å². The van der Waals surface area contributed by atoms with E-state index in [-0.39, 0.29) is 18.6 Å². The first-order chi connectivity index (χ1) is 9.60. The van der Waals surface area contributed by atoms with Crippen LogP contribution in [0.1, 0.15) is 5.82 Å². The van der Waals surface area contributed by atoms with E-state index in [1.807, 2.05) is 0 Å². The lowest BCUT2D eigenvalue weighted by molar-refractivity contribution is -0.138. The van der Waals surface area contributed by atoms with Gasteiger partial charge in [0, 0.05) is 6.54 Å². The molecule has 0 aliphatic rings. The maximum Gasteiger partial charge on any atom is 0.317 e. The molecule has 2 aromatic rings. The predicted molar refractivity (Wildman–Crippen MR) is 75.5 cm³/mol. The zero-order valence-corrected chi connectivity index (χ0v) is 10.9. The fourth-order valence-corrected chi connectivity index (χ4v) is 1.98. The van der Waals surface area contributed by atoms with Crippen LogP contribution in [-0.4, -0.2) is 39.0 Å². The molecule has 1 heterocycles. The van der Waals surface area contributed by atoms with Gasteiger partial charge in [-0.2, -0.15) is 0 Å². The third kappa shape index (κ3) is 3.30. The number of nitrogens with one attached hydrogen (secondary N) is 1. The number of H-pyrrole nitrogens is 1. The predicted octanol–water partition coefficient (Wildman–Crippen LogP) is 0.996. The molecule has 0 saturated carbocycles. The summed E-state index contributed by atoms with van der Waals surface area (Å²) in [6, 6.07) is 7.03. The summed E-state index contributed by atoms with van der Waals surface area (Å²) in [5.74, 6) is -0.494. The standard InChI is InChI=1S/C14H15N3O3/c1-2-7-17(9-13(18)19)8-12-15-11-6-4-3-5-10(11)14(20)16-12/h2-6H,1,7-9H2,(H,18,19)(H,15,16,20). The highest BCUT2D eigenvalue weighted by Crippen LogP contribution is 2.07. The average molecular weight is 273 g/mol. The highest BCUT2D eigenvalue weighted by atomic mass is 16.4. The molecule has 0 unspecified atom stereocenters. The quantitative estimate of drug-likeness (QED) is 0.767. The molecule has 0 spiro atoms. The van der Waals surface area contributed by atoms with Gasteiger partial charge in [0.25, 0.3) is 5.56 Å². The van der Waals surface area contributed by atoms with Gasteiger partial charge in [-0.25, -0.2) is 4.98 Å². The molecule has 2 N–H and O–H groups in total. The van der Waals surface area contributed by atoms with Crippen molar-refractivity contribution in [3.05, 3.63) is 53.1 Å². The Morgan fingerprint density at radius 1 is 1.45 bits per heavy atom. The van der Waals surface area contributed by atoms with Crippen LogP contribution in [0.3, 0.4) is 0 Å². The summed E-state index contributed by atoms with van der Waals surface area (Å²) in [7, 11) is 0. The number of nitrogens with zero attached hydrogens (tertiary/aromatic N) is 2. The van der Waals surface area contributed by atoms with Gasteiger partial charge >= 0.3 is 5.97 Å². The molecule has 0 radical (unpaired) electrons. The van der Waals surface area contributed by atoms with Gasteiger partial charge < -0.3 is 10.1 Å². The van der Waals surface area contributed by atoms with Crippen LogP contribution in [-0.2, 0) is 11.3 Å². The van der Waals surface area contributed by atoms with Crippen LogP contribution in [0.5, 0.6) is 0 Å². The third-order valence-electron chi connectivity index (χ3n) is 2.78. The summed E-state index contributed by atoms with van der Waals surface area (Å²) in [6.45, 7) is 4.11. The van der Waals surface area contributed by atoms with Gasteiger partial charge in [-0.05, 0) is 12.1 Å². The Morgan fingerprint density at radius 3 is 2.90 bits per heavy atom. The molecule has 0 saturated heterocycles. The number of hydrogen-bond acceptors (Lipinski definition) is 4. The first-order valence-electron chi connectivity index (χ1n) is 6.13. The molecule has 20 heavy (non-hydrogen) atoms. The Balaban J connectivity index is 2.30. The second kappa shape index (κ2) is 6.12. The minimum absolute atomic E-state index is 0.136. The largest absolute Gasteiger partial charge is 0.480 e. The average Bonchev–Trinajstić information content (AvgIpc) is 2.38. The molecule has 1 aromatic carbocycles. The number of carboxylic acids is 1. The van der Waals surface area contributed by atoms with Gasteiger partial charge in [0.1, 0.15) is 5.82 Å². The maximum atomic E-state index is 11.9. The van der Waals surface area contributed by atoms with Crippen molar-refractivity contribution in [2.75, 3.05) is 13.1 Å². The number of fused-ring (bicyclic) bond motifs is 1. The van der Waals surface area contributed by atoms with Gasteiger partial charge in [-0.1, -0.05) is 18.2 Å². The summed E-state index contributed by atoms with van der Waals surface area (Å²) < 4.78 is 0. The van der Waals surface area contributed by atoms with E-state index >= 15 is 0 Å². The number of para-hydroxylation sites is 1. The molecule has 0 aliphatic carbocycles. The van der Waals surface area contributed by atoms with Crippen molar-refractivity contribution >= 4 is 16.9 Å². The SMILES string of the molecule is C=CCN(CC(=O)O)Cc1nc2ccccc2c(=O)[nH]1. The first-order valence-corrected chi connectivity index (χ1v) is 6.13. The van der Waals surface area contributed by atoms with Crippen LogP contribution in [0.2, 0.25) is 0 Å². The number of benzene rings is 1. The number of aliphatic carboxylic acids is 1. The molecule has 6 nitrogen and oxygen atoms in total. The van der Waals surface area contributed by atoms with E-state index in [0.29, 0.717) is 23.3 Å². The van der Waals surface area contributed by atoms with Gasteiger partial charge in [-0.15, -0.1) is 6.58 Å². The van der Waals surface area contributed by atoms with E-state index in [2.05, 4.69) is 16.5 Å².